The Kier molecular flexibility index (Phi) is 9.95. The van der Waals surface area contributed by atoms with Gasteiger partial charge in [-0.25, -0.2) is 9.78 Å². The van der Waals surface area contributed by atoms with E-state index in [9.17, 15) is 9.90 Å². The highest BCUT2D eigenvalue weighted by Crippen LogP contribution is 2.74. The smallest absolute Gasteiger partial charge is 0.333 e. The van der Waals surface area contributed by atoms with Crippen LogP contribution in [0.15, 0.2) is 70.9 Å². The van der Waals surface area contributed by atoms with Crippen LogP contribution >= 0.6 is 0 Å². The lowest BCUT2D eigenvalue weighted by molar-refractivity contribution is -0.181. The van der Waals surface area contributed by atoms with E-state index in [1.165, 1.54) is 12.7 Å². The number of imidazole rings is 1. The quantitative estimate of drug-likeness (QED) is 0.0505. The molecule has 1 aromatic heterocycles. The Balaban J connectivity index is 1.37. The summed E-state index contributed by atoms with van der Waals surface area (Å²) in [5.74, 6) is 1.13. The van der Waals surface area contributed by atoms with E-state index in [0.29, 0.717) is 48.2 Å². The number of esters is 1. The van der Waals surface area contributed by atoms with Crippen molar-refractivity contribution in [2.45, 2.75) is 116 Å². The zero-order valence-electron chi connectivity index (χ0n) is 36.8. The summed E-state index contributed by atoms with van der Waals surface area (Å²) in [5.41, 5.74) is 4.25. The van der Waals surface area contributed by atoms with Crippen LogP contribution in [-0.4, -0.2) is 75.8 Å². The minimum absolute atomic E-state index is 0.0484. The molecule has 322 valence electrons. The van der Waals surface area contributed by atoms with E-state index in [4.69, 9.17) is 28.7 Å². The number of aliphatic hydroxyl groups excluding tert-OH is 1. The number of benzene rings is 2. The molecule has 0 amide bonds. The van der Waals surface area contributed by atoms with Gasteiger partial charge in [0.15, 0.2) is 17.0 Å². The minimum Gasteiger partial charge on any atom is -0.482 e. The number of nitrogens with one attached hydrogen (secondary N) is 2. The number of allylic oxidation sites excluding steroid dienone is 4. The van der Waals surface area contributed by atoms with Crippen LogP contribution in [-0.2, 0) is 25.5 Å². The summed E-state index contributed by atoms with van der Waals surface area (Å²) in [5, 5.41) is 16.7. The number of carbonyl (C=O) groups excluding carboxylic acids is 2. The topological polar surface area (TPSA) is 142 Å². The van der Waals surface area contributed by atoms with Crippen LogP contribution < -0.4 is 24.8 Å². The molecule has 3 N–H and O–H groups in total. The lowest BCUT2D eigenvalue weighted by atomic mass is 9.47. The van der Waals surface area contributed by atoms with Gasteiger partial charge in [-0.2, -0.15) is 0 Å². The molecule has 61 heavy (non-hydrogen) atoms. The number of aromatic nitrogens is 2. The number of Topliss-reactive ketones (excluding diaryl/α,β-unsaturated/α-hetero) is 1. The molecule has 2 aromatic carbocycles. The number of hydrogen-bond donors (Lipinski definition) is 3. The van der Waals surface area contributed by atoms with Crippen molar-refractivity contribution < 1.29 is 38.4 Å². The largest absolute Gasteiger partial charge is 0.482 e. The molecular formula is C49H58N4O8. The molecule has 12 heteroatoms. The van der Waals surface area contributed by atoms with Gasteiger partial charge in [-0.3, -0.25) is 10.1 Å². The van der Waals surface area contributed by atoms with Crippen LogP contribution in [0.3, 0.4) is 0 Å². The monoisotopic (exact) mass is 830 g/mol. The van der Waals surface area contributed by atoms with Crippen molar-refractivity contribution in [3.8, 4) is 17.2 Å². The maximum atomic E-state index is 15.7. The summed E-state index contributed by atoms with van der Waals surface area (Å²) in [6.45, 7) is 16.7. The molecule has 7 aliphatic rings. The first-order valence-corrected chi connectivity index (χ1v) is 21.6. The van der Waals surface area contributed by atoms with E-state index in [1.807, 2.05) is 18.2 Å². The van der Waals surface area contributed by atoms with Crippen molar-refractivity contribution in [2.24, 2.45) is 11.8 Å². The number of carbonyl (C=O) groups is 2. The molecule has 4 fully saturated rings. The molecule has 3 aromatic rings. The predicted molar refractivity (Wildman–Crippen MR) is 234 cm³/mol. The molecule has 0 radical (unpaired) electrons. The predicted octanol–water partition coefficient (Wildman–Crippen LogP) is 8.16. The Morgan fingerprint density at radius 1 is 1.07 bits per heavy atom. The molecule has 1 saturated heterocycles. The molecule has 3 aliphatic carbocycles. The highest BCUT2D eigenvalue weighted by atomic mass is 16.6. The fraction of sp³-hybridized carbons (Fsp3) is 0.490. The Labute approximate surface area is 357 Å². The van der Waals surface area contributed by atoms with Crippen LogP contribution in [0, 0.1) is 11.8 Å². The molecule has 10 rings (SSSR count). The van der Waals surface area contributed by atoms with Crippen molar-refractivity contribution in [3.63, 3.8) is 0 Å². The van der Waals surface area contributed by atoms with Crippen LogP contribution in [0.1, 0.15) is 104 Å². The number of ketones is 1. The van der Waals surface area contributed by atoms with E-state index >= 15 is 4.79 Å². The van der Waals surface area contributed by atoms with Gasteiger partial charge in [0, 0.05) is 41.5 Å². The molecule has 5 heterocycles. The number of methoxy groups -OCH3 is 1. The summed E-state index contributed by atoms with van der Waals surface area (Å²) >= 11 is 0. The third-order valence-electron chi connectivity index (χ3n) is 13.7. The van der Waals surface area contributed by atoms with Gasteiger partial charge in [-0.05, 0) is 105 Å². The molecule has 3 saturated carbocycles. The number of nitrogens with zero attached hydrogens (tertiary/aromatic N) is 2. The minimum atomic E-state index is -1.50. The maximum absolute atomic E-state index is 15.7. The van der Waals surface area contributed by atoms with E-state index in [0.717, 1.165) is 57.4 Å². The molecule has 4 aliphatic heterocycles. The third kappa shape index (κ3) is 6.07. The fourth-order valence-corrected chi connectivity index (χ4v) is 11.0. The third-order valence-corrected chi connectivity index (χ3v) is 13.7. The van der Waals surface area contributed by atoms with Gasteiger partial charge in [0.1, 0.15) is 29.6 Å². The first-order valence-electron chi connectivity index (χ1n) is 21.6. The number of ether oxygens (including phenoxy) is 5. The van der Waals surface area contributed by atoms with Crippen molar-refractivity contribution in [1.82, 2.24) is 14.9 Å². The van der Waals surface area contributed by atoms with Gasteiger partial charge >= 0.3 is 5.97 Å². The zero-order chi connectivity index (χ0) is 43.2. The molecule has 1 spiro atoms. The van der Waals surface area contributed by atoms with Gasteiger partial charge in [0.25, 0.3) is 0 Å². The highest BCUT2D eigenvalue weighted by molar-refractivity contribution is 6.03. The molecule has 6 atom stereocenters. The standard InChI is InChI=1S/C49H58N4O8/c1-27(2)13-12-20-47(8)21-19-31-40(59-47)30(17-16-28(3)4)42-36(41(31)58-26-50-23-24-54)38-37-39(53-34-15-11-10-14-33(34)51-45(53)52-38)32-25-35-46(6,7)61-48(43(32)55,49(35,37)60-42)22-18-29(5)44(56)57-9/h10-11,13-16,18-19,21,32,35,39,50,54H,12,17,20,22-26H2,1-9H3,(H,51,52)/b29-18-. The van der Waals surface area contributed by atoms with Crippen molar-refractivity contribution in [3.05, 3.63) is 87.6 Å². The van der Waals surface area contributed by atoms with Gasteiger partial charge in [0.2, 0.25) is 5.95 Å². The maximum Gasteiger partial charge on any atom is 0.333 e. The Bertz CT molecular complexity index is 2520. The number of fused-ring (bicyclic) bond motifs is 6. The van der Waals surface area contributed by atoms with Crippen LogP contribution in [0.25, 0.3) is 22.8 Å². The lowest BCUT2D eigenvalue weighted by Crippen LogP contribution is -2.75. The van der Waals surface area contributed by atoms with Crippen molar-refractivity contribution in [2.75, 3.05) is 32.3 Å². The second-order valence-corrected chi connectivity index (χ2v) is 18.7. The molecule has 12 nitrogen and oxygen atoms in total. The van der Waals surface area contributed by atoms with Crippen LogP contribution in [0.5, 0.6) is 17.2 Å². The van der Waals surface area contributed by atoms with E-state index in [-0.39, 0.29) is 31.5 Å². The van der Waals surface area contributed by atoms with Crippen LogP contribution in [0.2, 0.25) is 0 Å². The Morgan fingerprint density at radius 3 is 2.57 bits per heavy atom. The van der Waals surface area contributed by atoms with Gasteiger partial charge < -0.3 is 38.7 Å². The molecule has 6 unspecified atom stereocenters. The van der Waals surface area contributed by atoms with Gasteiger partial charge in [0.05, 0.1) is 53.2 Å². The SMILES string of the molecule is COC(=O)/C(C)=C\CC12OC(C)(C)C3CC(C1=O)C1C4=C(Nc5nc6ccccc6n51)c1c(OCNCCO)c5c(c(CC=C(C)C)c1OC432)OC(C)(CCC=C(C)C)C=C5. The summed E-state index contributed by atoms with van der Waals surface area (Å²) in [6, 6.07) is 7.57. The van der Waals surface area contributed by atoms with E-state index in [2.05, 4.69) is 94.0 Å². The Hall–Kier alpha value is -5.17. The number of rotatable bonds is 13. The first kappa shape index (κ1) is 41.2. The summed E-state index contributed by atoms with van der Waals surface area (Å²) < 4.78 is 36.5. The average Bonchev–Trinajstić information content (AvgIpc) is 3.66. The number of aliphatic hydroxyl groups is 1. The van der Waals surface area contributed by atoms with E-state index in [1.54, 1.807) is 13.0 Å². The van der Waals surface area contributed by atoms with Gasteiger partial charge in [-0.15, -0.1) is 0 Å². The van der Waals surface area contributed by atoms with Crippen molar-refractivity contribution in [1.29, 1.82) is 0 Å². The first-order chi connectivity index (χ1) is 29.1. The molecular weight excluding hydrogens is 773 g/mol. The summed E-state index contributed by atoms with van der Waals surface area (Å²) in [4.78, 5) is 33.8. The second-order valence-electron chi connectivity index (χ2n) is 18.7. The summed E-state index contributed by atoms with van der Waals surface area (Å²) in [7, 11) is 1.36. The van der Waals surface area contributed by atoms with E-state index < -0.39 is 40.3 Å². The van der Waals surface area contributed by atoms with Crippen molar-refractivity contribution >= 4 is 40.5 Å². The number of hydrogen-bond acceptors (Lipinski definition) is 11. The lowest BCUT2D eigenvalue weighted by Gasteiger charge is -2.62. The molecule has 4 bridgehead atoms. The second kappa shape index (κ2) is 14.7. The number of para-hydroxylation sites is 2. The Morgan fingerprint density at radius 2 is 1.84 bits per heavy atom. The average molecular weight is 831 g/mol. The summed E-state index contributed by atoms with van der Waals surface area (Å²) in [6.07, 6.45) is 13.1. The fourth-order valence-electron chi connectivity index (χ4n) is 11.0. The zero-order valence-corrected chi connectivity index (χ0v) is 36.8. The van der Waals surface area contributed by atoms with Crippen LogP contribution in [0.4, 0.5) is 5.95 Å². The number of anilines is 1. The normalized spacial score (nSPS) is 28.2. The van der Waals surface area contributed by atoms with Gasteiger partial charge in [-0.1, -0.05) is 41.5 Å². The highest BCUT2D eigenvalue weighted by Gasteiger charge is 2.84.